The van der Waals surface area contributed by atoms with Crippen LogP contribution in [0.15, 0.2) is 0 Å². The van der Waals surface area contributed by atoms with Gasteiger partial charge in [-0.05, 0) is 25.2 Å². The molecular formula is C13H24N2O2. The number of amides is 1. The molecule has 4 nitrogen and oxygen atoms in total. The van der Waals surface area contributed by atoms with Crippen LogP contribution in [-0.4, -0.2) is 42.6 Å². The molecule has 1 heterocycles. The third-order valence-electron chi connectivity index (χ3n) is 4.36. The predicted molar refractivity (Wildman–Crippen MR) is 66.5 cm³/mol. The molecule has 0 bridgehead atoms. The second kappa shape index (κ2) is 4.94. The van der Waals surface area contributed by atoms with Crippen molar-refractivity contribution in [3.63, 3.8) is 0 Å². The van der Waals surface area contributed by atoms with E-state index in [1.807, 2.05) is 11.9 Å². The second-order valence-corrected chi connectivity index (χ2v) is 5.70. The van der Waals surface area contributed by atoms with E-state index in [0.29, 0.717) is 31.6 Å². The largest absolute Gasteiger partial charge is 0.379 e. The summed E-state index contributed by atoms with van der Waals surface area (Å²) in [6, 6.07) is 0.359. The number of ether oxygens (including phenoxy) is 1. The van der Waals surface area contributed by atoms with Crippen molar-refractivity contribution in [1.82, 2.24) is 4.90 Å². The molecule has 2 fully saturated rings. The summed E-state index contributed by atoms with van der Waals surface area (Å²) in [6.45, 7) is 3.22. The van der Waals surface area contributed by atoms with Crippen LogP contribution in [0.1, 0.15) is 39.0 Å². The van der Waals surface area contributed by atoms with Crippen molar-refractivity contribution in [2.24, 2.45) is 11.7 Å². The Bertz CT molecular complexity index is 287. The molecule has 0 aromatic rings. The Balaban J connectivity index is 2.03. The first kappa shape index (κ1) is 12.8. The molecular weight excluding hydrogens is 216 g/mol. The quantitative estimate of drug-likeness (QED) is 0.787. The average Bonchev–Trinajstić information content (AvgIpc) is 2.76. The zero-order chi connectivity index (χ0) is 12.5. The summed E-state index contributed by atoms with van der Waals surface area (Å²) in [4.78, 5) is 14.3. The summed E-state index contributed by atoms with van der Waals surface area (Å²) >= 11 is 0. The van der Waals surface area contributed by atoms with Gasteiger partial charge in [0.25, 0.3) is 0 Å². The van der Waals surface area contributed by atoms with Crippen LogP contribution in [0.25, 0.3) is 0 Å². The van der Waals surface area contributed by atoms with Crippen LogP contribution in [0, 0.1) is 5.92 Å². The van der Waals surface area contributed by atoms with Crippen LogP contribution < -0.4 is 5.73 Å². The second-order valence-electron chi connectivity index (χ2n) is 5.70. The number of carbonyl (C=O) groups is 1. The Morgan fingerprint density at radius 2 is 2.12 bits per heavy atom. The van der Waals surface area contributed by atoms with E-state index in [9.17, 15) is 4.79 Å². The van der Waals surface area contributed by atoms with Crippen molar-refractivity contribution in [3.05, 3.63) is 0 Å². The summed E-state index contributed by atoms with van der Waals surface area (Å²) < 4.78 is 5.27. The maximum atomic E-state index is 12.4. The fourth-order valence-electron chi connectivity index (χ4n) is 3.12. The number of hydrogen-bond donors (Lipinski definition) is 1. The van der Waals surface area contributed by atoms with E-state index >= 15 is 0 Å². The Morgan fingerprint density at radius 1 is 1.41 bits per heavy atom. The van der Waals surface area contributed by atoms with Gasteiger partial charge in [0.1, 0.15) is 5.54 Å². The maximum absolute atomic E-state index is 12.4. The Kier molecular flexibility index (Phi) is 3.73. The first-order valence-corrected chi connectivity index (χ1v) is 6.68. The van der Waals surface area contributed by atoms with Gasteiger partial charge in [0, 0.05) is 19.7 Å². The van der Waals surface area contributed by atoms with Crippen molar-refractivity contribution in [2.45, 2.75) is 50.6 Å². The van der Waals surface area contributed by atoms with E-state index in [1.165, 1.54) is 19.3 Å². The molecule has 1 saturated heterocycles. The van der Waals surface area contributed by atoms with Crippen LogP contribution in [0.2, 0.25) is 0 Å². The number of carbonyl (C=O) groups excluding carboxylic acids is 1. The summed E-state index contributed by atoms with van der Waals surface area (Å²) in [6.07, 6.45) is 5.49. The minimum absolute atomic E-state index is 0.0637. The summed E-state index contributed by atoms with van der Waals surface area (Å²) in [5.74, 6) is 0.650. The van der Waals surface area contributed by atoms with E-state index in [1.54, 1.807) is 0 Å². The minimum atomic E-state index is -0.772. The molecule has 3 unspecified atom stereocenters. The molecule has 2 rings (SSSR count). The number of rotatable bonds is 2. The molecule has 4 heteroatoms. The van der Waals surface area contributed by atoms with Crippen molar-refractivity contribution < 1.29 is 9.53 Å². The maximum Gasteiger partial charge on any atom is 0.245 e. The zero-order valence-electron chi connectivity index (χ0n) is 10.9. The van der Waals surface area contributed by atoms with Gasteiger partial charge in [-0.3, -0.25) is 4.79 Å². The van der Waals surface area contributed by atoms with Crippen molar-refractivity contribution in [1.29, 1.82) is 0 Å². The third kappa shape index (κ3) is 2.47. The van der Waals surface area contributed by atoms with Gasteiger partial charge in [0.2, 0.25) is 5.91 Å². The van der Waals surface area contributed by atoms with Gasteiger partial charge in [-0.1, -0.05) is 19.8 Å². The zero-order valence-corrected chi connectivity index (χ0v) is 10.9. The highest BCUT2D eigenvalue weighted by Crippen LogP contribution is 2.29. The van der Waals surface area contributed by atoms with Crippen LogP contribution >= 0.6 is 0 Å². The van der Waals surface area contributed by atoms with Crippen molar-refractivity contribution in [2.75, 3.05) is 20.3 Å². The highest BCUT2D eigenvalue weighted by molar-refractivity contribution is 5.86. The minimum Gasteiger partial charge on any atom is -0.379 e. The van der Waals surface area contributed by atoms with Gasteiger partial charge in [0.15, 0.2) is 0 Å². The molecule has 3 atom stereocenters. The van der Waals surface area contributed by atoms with Gasteiger partial charge in [-0.15, -0.1) is 0 Å². The number of hydrogen-bond acceptors (Lipinski definition) is 3. The molecule has 2 aliphatic rings. The fourth-order valence-corrected chi connectivity index (χ4v) is 3.12. The Hall–Kier alpha value is -0.610. The smallest absolute Gasteiger partial charge is 0.245 e. The lowest BCUT2D eigenvalue weighted by Crippen LogP contribution is -2.58. The lowest BCUT2D eigenvalue weighted by atomic mass is 9.84. The summed E-state index contributed by atoms with van der Waals surface area (Å²) in [5, 5.41) is 0. The van der Waals surface area contributed by atoms with Gasteiger partial charge in [-0.25, -0.2) is 0 Å². The molecule has 2 N–H and O–H groups in total. The highest BCUT2D eigenvalue weighted by atomic mass is 16.5. The number of likely N-dealkylation sites (N-methyl/N-ethyl adjacent to an activating group) is 1. The van der Waals surface area contributed by atoms with Gasteiger partial charge >= 0.3 is 0 Å². The molecule has 0 radical (unpaired) electrons. The van der Waals surface area contributed by atoms with E-state index in [4.69, 9.17) is 10.5 Å². The molecule has 0 spiro atoms. The van der Waals surface area contributed by atoms with Crippen LogP contribution in [0.4, 0.5) is 0 Å². The van der Waals surface area contributed by atoms with Crippen LogP contribution in [0.5, 0.6) is 0 Å². The topological polar surface area (TPSA) is 55.6 Å². The summed E-state index contributed by atoms with van der Waals surface area (Å²) in [5.41, 5.74) is 5.37. The molecule has 98 valence electrons. The van der Waals surface area contributed by atoms with Crippen molar-refractivity contribution >= 4 is 5.91 Å². The van der Waals surface area contributed by atoms with Crippen LogP contribution in [0.3, 0.4) is 0 Å². The molecule has 0 aromatic heterocycles. The Morgan fingerprint density at radius 3 is 2.71 bits per heavy atom. The standard InChI is InChI=1S/C13H24N2O2/c1-10-5-3-4-6-11(10)15(2)12(16)13(14)7-8-17-9-13/h10-11H,3-9,14H2,1-2H3. The SMILES string of the molecule is CC1CCCCC1N(C)C(=O)C1(N)CCOC1. The number of nitrogens with two attached hydrogens (primary N) is 1. The van der Waals surface area contributed by atoms with Gasteiger partial charge in [0.05, 0.1) is 6.61 Å². The van der Waals surface area contributed by atoms with E-state index in [0.717, 1.165) is 6.42 Å². The lowest BCUT2D eigenvalue weighted by Gasteiger charge is -2.39. The summed E-state index contributed by atoms with van der Waals surface area (Å²) in [7, 11) is 1.90. The molecule has 1 amide bonds. The third-order valence-corrected chi connectivity index (χ3v) is 4.36. The monoisotopic (exact) mass is 240 g/mol. The normalized spacial score (nSPS) is 38.1. The van der Waals surface area contributed by atoms with E-state index in [-0.39, 0.29) is 5.91 Å². The number of nitrogens with zero attached hydrogens (tertiary/aromatic N) is 1. The van der Waals surface area contributed by atoms with Gasteiger partial charge < -0.3 is 15.4 Å². The predicted octanol–water partition coefficient (Wildman–Crippen LogP) is 1.14. The Labute approximate surface area is 103 Å². The van der Waals surface area contributed by atoms with Crippen LogP contribution in [-0.2, 0) is 9.53 Å². The van der Waals surface area contributed by atoms with E-state index in [2.05, 4.69) is 6.92 Å². The molecule has 1 saturated carbocycles. The molecule has 1 aliphatic heterocycles. The highest BCUT2D eigenvalue weighted by Gasteiger charge is 2.42. The fraction of sp³-hybridized carbons (Fsp3) is 0.923. The molecule has 17 heavy (non-hydrogen) atoms. The van der Waals surface area contributed by atoms with Gasteiger partial charge in [-0.2, -0.15) is 0 Å². The first-order chi connectivity index (χ1) is 8.04. The lowest BCUT2D eigenvalue weighted by molar-refractivity contribution is -0.139. The first-order valence-electron chi connectivity index (χ1n) is 6.68. The molecule has 1 aliphatic carbocycles. The average molecular weight is 240 g/mol. The van der Waals surface area contributed by atoms with E-state index < -0.39 is 5.54 Å². The molecule has 0 aromatic carbocycles. The van der Waals surface area contributed by atoms with Crippen molar-refractivity contribution in [3.8, 4) is 0 Å².